The summed E-state index contributed by atoms with van der Waals surface area (Å²) >= 11 is 0. The second-order valence-electron chi connectivity index (χ2n) is 5.12. The number of pyridine rings is 1. The van der Waals surface area contributed by atoms with E-state index in [2.05, 4.69) is 22.9 Å². The van der Waals surface area contributed by atoms with Crippen LogP contribution in [0.1, 0.15) is 30.9 Å². The minimum Gasteiger partial charge on any atom is -0.377 e. The van der Waals surface area contributed by atoms with E-state index >= 15 is 0 Å². The first-order valence-electron chi connectivity index (χ1n) is 6.25. The lowest BCUT2D eigenvalue weighted by Gasteiger charge is -2.40. The van der Waals surface area contributed by atoms with Gasteiger partial charge in [0.2, 0.25) is 0 Å². The molecule has 4 nitrogen and oxygen atoms in total. The van der Waals surface area contributed by atoms with Crippen LogP contribution in [0.4, 0.5) is 5.82 Å². The monoisotopic (exact) mass is 245 g/mol. The minimum atomic E-state index is -0.142. The van der Waals surface area contributed by atoms with Crippen LogP contribution in [0.15, 0.2) is 12.3 Å². The molecule has 0 spiro atoms. The van der Waals surface area contributed by atoms with Gasteiger partial charge in [0.25, 0.3) is 0 Å². The molecule has 96 valence electrons. The number of nitrogens with zero attached hydrogens (tertiary/aromatic N) is 3. The van der Waals surface area contributed by atoms with Crippen molar-refractivity contribution in [1.29, 1.82) is 5.26 Å². The summed E-state index contributed by atoms with van der Waals surface area (Å²) < 4.78 is 5.58. The number of methoxy groups -OCH3 is 1. The largest absolute Gasteiger partial charge is 0.377 e. The molecule has 1 aromatic heterocycles. The summed E-state index contributed by atoms with van der Waals surface area (Å²) in [6, 6.07) is 4.14. The van der Waals surface area contributed by atoms with Crippen LogP contribution in [0.2, 0.25) is 0 Å². The molecule has 2 rings (SSSR count). The highest BCUT2D eigenvalue weighted by molar-refractivity contribution is 5.57. The normalized spacial score (nSPS) is 23.8. The highest BCUT2D eigenvalue weighted by atomic mass is 16.5. The molecular formula is C14H19N3O. The molecule has 0 amide bonds. The number of anilines is 1. The third kappa shape index (κ3) is 2.32. The lowest BCUT2D eigenvalue weighted by Crippen LogP contribution is -2.48. The van der Waals surface area contributed by atoms with Crippen LogP contribution in [0.3, 0.4) is 0 Å². The van der Waals surface area contributed by atoms with Crippen LogP contribution in [-0.2, 0) is 4.74 Å². The SMILES string of the molecule is COC1(C)CCCN(c2nccc(C)c2C#N)C1. The van der Waals surface area contributed by atoms with Crippen molar-refractivity contribution in [2.24, 2.45) is 0 Å². The lowest BCUT2D eigenvalue weighted by atomic mass is 9.94. The Balaban J connectivity index is 2.32. The van der Waals surface area contributed by atoms with Gasteiger partial charge in [-0.1, -0.05) is 0 Å². The molecule has 0 radical (unpaired) electrons. The molecule has 0 N–H and O–H groups in total. The van der Waals surface area contributed by atoms with E-state index < -0.39 is 0 Å². The second kappa shape index (κ2) is 4.95. The molecule has 0 aliphatic carbocycles. The maximum atomic E-state index is 9.27. The van der Waals surface area contributed by atoms with Crippen LogP contribution in [0.25, 0.3) is 0 Å². The van der Waals surface area contributed by atoms with Gasteiger partial charge in [0.05, 0.1) is 11.2 Å². The number of piperidine rings is 1. The summed E-state index contributed by atoms with van der Waals surface area (Å²) in [6.45, 7) is 5.78. The summed E-state index contributed by atoms with van der Waals surface area (Å²) in [4.78, 5) is 6.55. The Bertz CT molecular complexity index is 480. The minimum absolute atomic E-state index is 0.142. The fraction of sp³-hybridized carbons (Fsp3) is 0.571. The Hall–Kier alpha value is -1.60. The van der Waals surface area contributed by atoms with Crippen molar-refractivity contribution in [1.82, 2.24) is 4.98 Å². The van der Waals surface area contributed by atoms with Crippen molar-refractivity contribution in [2.45, 2.75) is 32.3 Å². The van der Waals surface area contributed by atoms with Crippen LogP contribution in [-0.4, -0.2) is 30.8 Å². The molecule has 1 aromatic rings. The van der Waals surface area contributed by atoms with Gasteiger partial charge in [-0.05, 0) is 38.3 Å². The van der Waals surface area contributed by atoms with Crippen molar-refractivity contribution >= 4 is 5.82 Å². The third-order valence-electron chi connectivity index (χ3n) is 3.70. The number of aryl methyl sites for hydroxylation is 1. The predicted octanol–water partition coefficient (Wildman–Crippen LogP) is 2.27. The van der Waals surface area contributed by atoms with E-state index in [4.69, 9.17) is 4.74 Å². The van der Waals surface area contributed by atoms with Crippen molar-refractivity contribution < 1.29 is 4.74 Å². The fourth-order valence-corrected chi connectivity index (χ4v) is 2.47. The molecule has 4 heteroatoms. The molecule has 2 heterocycles. The van der Waals surface area contributed by atoms with Gasteiger partial charge in [0, 0.05) is 26.4 Å². The summed E-state index contributed by atoms with van der Waals surface area (Å²) in [5.74, 6) is 0.792. The Morgan fingerprint density at radius 2 is 2.33 bits per heavy atom. The highest BCUT2D eigenvalue weighted by Gasteiger charge is 2.32. The summed E-state index contributed by atoms with van der Waals surface area (Å²) in [5, 5.41) is 9.27. The first kappa shape index (κ1) is 12.8. The second-order valence-corrected chi connectivity index (χ2v) is 5.12. The standard InChI is InChI=1S/C14H19N3O/c1-11-5-7-16-13(12(11)9-15)17-8-4-6-14(2,10-17)18-3/h5,7H,4,6,8,10H2,1-3H3. The van der Waals surface area contributed by atoms with Crippen molar-refractivity contribution in [3.8, 4) is 6.07 Å². The quantitative estimate of drug-likeness (QED) is 0.802. The molecule has 18 heavy (non-hydrogen) atoms. The van der Waals surface area contributed by atoms with Crippen molar-refractivity contribution in [3.05, 3.63) is 23.4 Å². The smallest absolute Gasteiger partial charge is 0.146 e. The number of ether oxygens (including phenoxy) is 1. The van der Waals surface area contributed by atoms with E-state index in [0.29, 0.717) is 5.56 Å². The van der Waals surface area contributed by atoms with E-state index in [9.17, 15) is 5.26 Å². The average molecular weight is 245 g/mol. The molecular weight excluding hydrogens is 226 g/mol. The Kier molecular flexibility index (Phi) is 3.53. The zero-order valence-corrected chi connectivity index (χ0v) is 11.2. The molecule has 1 aliphatic rings. The fourth-order valence-electron chi connectivity index (χ4n) is 2.47. The van der Waals surface area contributed by atoms with E-state index in [-0.39, 0.29) is 5.60 Å². The molecule has 1 atom stereocenters. The molecule has 1 fully saturated rings. The van der Waals surface area contributed by atoms with Gasteiger partial charge in [-0.2, -0.15) is 5.26 Å². The Morgan fingerprint density at radius 3 is 3.00 bits per heavy atom. The molecule has 1 unspecified atom stereocenters. The molecule has 0 bridgehead atoms. The topological polar surface area (TPSA) is 49.1 Å². The van der Waals surface area contributed by atoms with Gasteiger partial charge in [0.15, 0.2) is 0 Å². The molecule has 1 saturated heterocycles. The van der Waals surface area contributed by atoms with Gasteiger partial charge in [-0.3, -0.25) is 0 Å². The van der Waals surface area contributed by atoms with Gasteiger partial charge in [0.1, 0.15) is 11.9 Å². The third-order valence-corrected chi connectivity index (χ3v) is 3.70. The van der Waals surface area contributed by atoms with Crippen molar-refractivity contribution in [3.63, 3.8) is 0 Å². The lowest BCUT2D eigenvalue weighted by molar-refractivity contribution is -0.00482. The highest BCUT2D eigenvalue weighted by Crippen LogP contribution is 2.29. The zero-order valence-electron chi connectivity index (χ0n) is 11.2. The van der Waals surface area contributed by atoms with Crippen LogP contribution in [0.5, 0.6) is 0 Å². The molecule has 0 saturated carbocycles. The van der Waals surface area contributed by atoms with E-state index in [1.165, 1.54) is 0 Å². The van der Waals surface area contributed by atoms with E-state index in [1.54, 1.807) is 13.3 Å². The number of hydrogen-bond donors (Lipinski definition) is 0. The summed E-state index contributed by atoms with van der Waals surface area (Å²) in [7, 11) is 1.75. The maximum Gasteiger partial charge on any atom is 0.146 e. The number of aromatic nitrogens is 1. The van der Waals surface area contributed by atoms with Crippen LogP contribution < -0.4 is 4.90 Å². The van der Waals surface area contributed by atoms with E-state index in [1.807, 2.05) is 13.0 Å². The predicted molar refractivity (Wildman–Crippen MR) is 70.6 cm³/mol. The van der Waals surface area contributed by atoms with Crippen LogP contribution >= 0.6 is 0 Å². The summed E-state index contributed by atoms with van der Waals surface area (Å²) in [5.41, 5.74) is 1.51. The zero-order chi connectivity index (χ0) is 13.2. The Labute approximate surface area is 108 Å². The first-order valence-corrected chi connectivity index (χ1v) is 6.25. The van der Waals surface area contributed by atoms with Gasteiger partial charge >= 0.3 is 0 Å². The molecule has 1 aliphatic heterocycles. The number of rotatable bonds is 2. The van der Waals surface area contributed by atoms with Gasteiger partial charge < -0.3 is 9.64 Å². The number of nitriles is 1. The average Bonchev–Trinajstić information content (AvgIpc) is 2.38. The van der Waals surface area contributed by atoms with Gasteiger partial charge in [-0.25, -0.2) is 4.98 Å². The summed E-state index contributed by atoms with van der Waals surface area (Å²) in [6.07, 6.45) is 3.88. The molecule has 0 aromatic carbocycles. The number of hydrogen-bond acceptors (Lipinski definition) is 4. The maximum absolute atomic E-state index is 9.27. The first-order chi connectivity index (χ1) is 8.59. The van der Waals surface area contributed by atoms with Gasteiger partial charge in [-0.15, -0.1) is 0 Å². The van der Waals surface area contributed by atoms with Crippen LogP contribution in [0, 0.1) is 18.3 Å². The van der Waals surface area contributed by atoms with E-state index in [0.717, 1.165) is 37.3 Å². The van der Waals surface area contributed by atoms with Crippen molar-refractivity contribution in [2.75, 3.05) is 25.1 Å². The Morgan fingerprint density at radius 1 is 1.56 bits per heavy atom.